The smallest absolute Gasteiger partial charge is 0.239 e. The number of hydrogen-bond donors (Lipinski definition) is 2. The molecule has 3 rings (SSSR count). The Kier molecular flexibility index (Phi) is 6.35. The van der Waals surface area contributed by atoms with E-state index in [0.29, 0.717) is 13.1 Å². The first-order chi connectivity index (χ1) is 13.2. The summed E-state index contributed by atoms with van der Waals surface area (Å²) < 4.78 is 1.84. The van der Waals surface area contributed by atoms with Gasteiger partial charge in [-0.2, -0.15) is 5.10 Å². The highest BCUT2D eigenvalue weighted by Gasteiger charge is 2.08. The van der Waals surface area contributed by atoms with E-state index >= 15 is 0 Å². The van der Waals surface area contributed by atoms with Crippen molar-refractivity contribution >= 4 is 11.8 Å². The Balaban J connectivity index is 1.46. The van der Waals surface area contributed by atoms with E-state index < -0.39 is 0 Å². The Labute approximate surface area is 158 Å². The zero-order valence-electron chi connectivity index (χ0n) is 15.0. The van der Waals surface area contributed by atoms with Gasteiger partial charge < -0.3 is 10.6 Å². The van der Waals surface area contributed by atoms with E-state index in [2.05, 4.69) is 15.7 Å². The largest absolute Gasteiger partial charge is 0.350 e. The summed E-state index contributed by atoms with van der Waals surface area (Å²) in [6.45, 7) is 1.02. The SMILES string of the molecule is O=C(CNC(=O)Cc1ccccc1)NCc1ccccc1Cn1cccn1. The highest BCUT2D eigenvalue weighted by molar-refractivity contribution is 5.85. The summed E-state index contributed by atoms with van der Waals surface area (Å²) >= 11 is 0. The molecule has 0 aliphatic rings. The summed E-state index contributed by atoms with van der Waals surface area (Å²) in [6, 6.07) is 19.2. The van der Waals surface area contributed by atoms with Crippen LogP contribution in [0.1, 0.15) is 16.7 Å². The molecule has 6 heteroatoms. The second kappa shape index (κ2) is 9.33. The van der Waals surface area contributed by atoms with E-state index in [0.717, 1.165) is 16.7 Å². The quantitative estimate of drug-likeness (QED) is 0.643. The molecular weight excluding hydrogens is 340 g/mol. The second-order valence-corrected chi connectivity index (χ2v) is 6.19. The minimum atomic E-state index is -0.217. The van der Waals surface area contributed by atoms with Gasteiger partial charge in [-0.1, -0.05) is 54.6 Å². The van der Waals surface area contributed by atoms with Crippen molar-refractivity contribution in [1.29, 1.82) is 0 Å². The molecule has 0 unspecified atom stereocenters. The first-order valence-corrected chi connectivity index (χ1v) is 8.82. The Morgan fingerprint density at radius 1 is 0.852 bits per heavy atom. The first-order valence-electron chi connectivity index (χ1n) is 8.82. The molecule has 0 fully saturated rings. The molecule has 0 spiro atoms. The Bertz CT molecular complexity index is 876. The number of carbonyl (C=O) groups is 2. The van der Waals surface area contributed by atoms with Crippen LogP contribution in [0.2, 0.25) is 0 Å². The molecule has 0 atom stereocenters. The molecule has 6 nitrogen and oxygen atoms in total. The van der Waals surface area contributed by atoms with Gasteiger partial charge in [0.15, 0.2) is 0 Å². The minimum absolute atomic E-state index is 0.0347. The maximum atomic E-state index is 12.1. The lowest BCUT2D eigenvalue weighted by Crippen LogP contribution is -2.37. The van der Waals surface area contributed by atoms with Crippen molar-refractivity contribution in [3.8, 4) is 0 Å². The zero-order valence-corrected chi connectivity index (χ0v) is 15.0. The number of benzene rings is 2. The average molecular weight is 362 g/mol. The van der Waals surface area contributed by atoms with Gasteiger partial charge in [-0.15, -0.1) is 0 Å². The average Bonchev–Trinajstić information content (AvgIpc) is 3.19. The molecule has 27 heavy (non-hydrogen) atoms. The van der Waals surface area contributed by atoms with Gasteiger partial charge in [0.1, 0.15) is 0 Å². The molecule has 0 saturated carbocycles. The molecule has 1 heterocycles. The molecule has 2 aromatic carbocycles. The molecule has 2 amide bonds. The second-order valence-electron chi connectivity index (χ2n) is 6.19. The van der Waals surface area contributed by atoms with Crippen LogP contribution in [0, 0.1) is 0 Å². The van der Waals surface area contributed by atoms with Crippen molar-refractivity contribution in [3.05, 3.63) is 89.7 Å². The van der Waals surface area contributed by atoms with Crippen LogP contribution in [0.25, 0.3) is 0 Å². The van der Waals surface area contributed by atoms with Crippen LogP contribution in [0.15, 0.2) is 73.1 Å². The first kappa shape index (κ1) is 18.4. The van der Waals surface area contributed by atoms with Crippen molar-refractivity contribution in [2.24, 2.45) is 0 Å². The van der Waals surface area contributed by atoms with Crippen LogP contribution in [-0.2, 0) is 29.1 Å². The van der Waals surface area contributed by atoms with Crippen molar-refractivity contribution in [1.82, 2.24) is 20.4 Å². The number of aromatic nitrogens is 2. The molecule has 138 valence electrons. The van der Waals surface area contributed by atoms with Crippen molar-refractivity contribution in [3.63, 3.8) is 0 Å². The summed E-state index contributed by atoms with van der Waals surface area (Å²) in [7, 11) is 0. The number of amides is 2. The molecule has 2 N–H and O–H groups in total. The summed E-state index contributed by atoms with van der Waals surface area (Å²) in [5.74, 6) is -0.388. The number of hydrogen-bond acceptors (Lipinski definition) is 3. The third-order valence-electron chi connectivity index (χ3n) is 4.14. The van der Waals surface area contributed by atoms with Crippen molar-refractivity contribution in [2.45, 2.75) is 19.5 Å². The Hall–Kier alpha value is -3.41. The van der Waals surface area contributed by atoms with E-state index in [-0.39, 0.29) is 24.8 Å². The summed E-state index contributed by atoms with van der Waals surface area (Å²) in [5.41, 5.74) is 3.04. The van der Waals surface area contributed by atoms with Gasteiger partial charge >= 0.3 is 0 Å². The normalized spacial score (nSPS) is 10.4. The van der Waals surface area contributed by atoms with Gasteiger partial charge in [0.2, 0.25) is 11.8 Å². The predicted molar refractivity (Wildman–Crippen MR) is 103 cm³/mol. The molecule has 0 aliphatic carbocycles. The zero-order chi connectivity index (χ0) is 18.9. The Morgan fingerprint density at radius 3 is 2.33 bits per heavy atom. The van der Waals surface area contributed by atoms with E-state index in [9.17, 15) is 9.59 Å². The van der Waals surface area contributed by atoms with E-state index in [4.69, 9.17) is 0 Å². The van der Waals surface area contributed by atoms with Crippen LogP contribution in [-0.4, -0.2) is 28.1 Å². The summed E-state index contributed by atoms with van der Waals surface area (Å²) in [6.07, 6.45) is 3.90. The standard InChI is InChI=1S/C21H22N4O2/c26-20(13-17-7-2-1-3-8-17)23-15-21(27)22-14-18-9-4-5-10-19(18)16-25-12-6-11-24-25/h1-12H,13-16H2,(H,22,27)(H,23,26). The molecule has 3 aromatic rings. The third-order valence-corrected chi connectivity index (χ3v) is 4.14. The van der Waals surface area contributed by atoms with Crippen LogP contribution < -0.4 is 10.6 Å². The highest BCUT2D eigenvalue weighted by atomic mass is 16.2. The number of nitrogens with one attached hydrogen (secondary N) is 2. The fraction of sp³-hybridized carbons (Fsp3) is 0.190. The van der Waals surface area contributed by atoms with Gasteiger partial charge in [0, 0.05) is 18.9 Å². The lowest BCUT2D eigenvalue weighted by atomic mass is 10.1. The summed E-state index contributed by atoms with van der Waals surface area (Å²) in [5, 5.41) is 9.72. The highest BCUT2D eigenvalue weighted by Crippen LogP contribution is 2.10. The molecule has 0 aliphatic heterocycles. The fourth-order valence-corrected chi connectivity index (χ4v) is 2.73. The molecular formula is C21H22N4O2. The van der Waals surface area contributed by atoms with Gasteiger partial charge in [0.25, 0.3) is 0 Å². The van der Waals surface area contributed by atoms with Crippen molar-refractivity contribution in [2.75, 3.05) is 6.54 Å². The number of carbonyl (C=O) groups excluding carboxylic acids is 2. The lowest BCUT2D eigenvalue weighted by Gasteiger charge is -2.11. The maximum Gasteiger partial charge on any atom is 0.239 e. The van der Waals surface area contributed by atoms with Gasteiger partial charge in [-0.05, 0) is 22.8 Å². The van der Waals surface area contributed by atoms with E-state index in [1.807, 2.05) is 71.5 Å². The van der Waals surface area contributed by atoms with E-state index in [1.54, 1.807) is 6.20 Å². The predicted octanol–water partition coefficient (Wildman–Crippen LogP) is 1.91. The lowest BCUT2D eigenvalue weighted by molar-refractivity contribution is -0.125. The topological polar surface area (TPSA) is 76.0 Å². The molecule has 0 radical (unpaired) electrons. The molecule has 1 aromatic heterocycles. The van der Waals surface area contributed by atoms with Crippen molar-refractivity contribution < 1.29 is 9.59 Å². The number of rotatable bonds is 8. The number of nitrogens with zero attached hydrogens (tertiary/aromatic N) is 2. The van der Waals surface area contributed by atoms with Gasteiger partial charge in [-0.25, -0.2) is 0 Å². The van der Waals surface area contributed by atoms with Crippen LogP contribution in [0.4, 0.5) is 0 Å². The van der Waals surface area contributed by atoms with Crippen LogP contribution in [0.5, 0.6) is 0 Å². The Morgan fingerprint density at radius 2 is 1.59 bits per heavy atom. The fourth-order valence-electron chi connectivity index (χ4n) is 2.73. The maximum absolute atomic E-state index is 12.1. The van der Waals surface area contributed by atoms with Crippen LogP contribution >= 0.6 is 0 Å². The van der Waals surface area contributed by atoms with Gasteiger partial charge in [-0.3, -0.25) is 14.3 Å². The van der Waals surface area contributed by atoms with Crippen LogP contribution in [0.3, 0.4) is 0 Å². The van der Waals surface area contributed by atoms with E-state index in [1.165, 1.54) is 0 Å². The monoisotopic (exact) mass is 362 g/mol. The summed E-state index contributed by atoms with van der Waals surface area (Å²) in [4.78, 5) is 24.0. The van der Waals surface area contributed by atoms with Gasteiger partial charge in [0.05, 0.1) is 19.5 Å². The third kappa shape index (κ3) is 5.81. The molecule has 0 saturated heterocycles. The molecule has 0 bridgehead atoms. The minimum Gasteiger partial charge on any atom is -0.350 e.